The summed E-state index contributed by atoms with van der Waals surface area (Å²) < 4.78 is 0. The van der Waals surface area contributed by atoms with Crippen LogP contribution in [0.5, 0.6) is 0 Å². The molecule has 0 aliphatic heterocycles. The number of thioether (sulfide) groups is 1. The van der Waals surface area contributed by atoms with Crippen LogP contribution in [0.15, 0.2) is 0 Å². The lowest BCUT2D eigenvalue weighted by Gasteiger charge is -2.20. The van der Waals surface area contributed by atoms with E-state index in [-0.39, 0.29) is 0 Å². The summed E-state index contributed by atoms with van der Waals surface area (Å²) in [5, 5.41) is 1.01. The Labute approximate surface area is 87.9 Å². The summed E-state index contributed by atoms with van der Waals surface area (Å²) in [4.78, 5) is 0. The molecule has 0 saturated heterocycles. The largest absolute Gasteiger partial charge is 0.159 e. The van der Waals surface area contributed by atoms with E-state index in [1.165, 1.54) is 57.1 Å². The Balaban J connectivity index is 1.86. The van der Waals surface area contributed by atoms with E-state index < -0.39 is 0 Å². The third-order valence-corrected chi connectivity index (χ3v) is 4.27. The van der Waals surface area contributed by atoms with Crippen molar-refractivity contribution in [3.63, 3.8) is 0 Å². The molecule has 0 atom stereocenters. The molecule has 0 bridgehead atoms. The second-order valence-corrected chi connectivity index (χ2v) is 5.45. The Hall–Kier alpha value is 0.350. The number of unbranched alkanes of at least 4 members (excludes halogenated alkanes) is 3. The van der Waals surface area contributed by atoms with Crippen LogP contribution in [-0.2, 0) is 0 Å². The monoisotopic (exact) mass is 199 g/mol. The Morgan fingerprint density at radius 2 is 1.77 bits per heavy atom. The summed E-state index contributed by atoms with van der Waals surface area (Å²) in [5.41, 5.74) is 0. The van der Waals surface area contributed by atoms with Gasteiger partial charge < -0.3 is 0 Å². The molecule has 1 radical (unpaired) electrons. The van der Waals surface area contributed by atoms with Crippen LogP contribution in [0.25, 0.3) is 0 Å². The Morgan fingerprint density at radius 3 is 2.46 bits per heavy atom. The van der Waals surface area contributed by atoms with Crippen molar-refractivity contribution in [2.24, 2.45) is 0 Å². The first-order chi connectivity index (χ1) is 6.43. The zero-order valence-corrected chi connectivity index (χ0v) is 9.58. The van der Waals surface area contributed by atoms with Crippen molar-refractivity contribution in [1.29, 1.82) is 0 Å². The van der Waals surface area contributed by atoms with Gasteiger partial charge >= 0.3 is 0 Å². The topological polar surface area (TPSA) is 0 Å². The van der Waals surface area contributed by atoms with Crippen LogP contribution in [0.4, 0.5) is 0 Å². The Morgan fingerprint density at radius 1 is 1.00 bits per heavy atom. The van der Waals surface area contributed by atoms with Gasteiger partial charge in [-0.25, -0.2) is 0 Å². The molecule has 1 heteroatoms. The zero-order chi connectivity index (χ0) is 9.36. The van der Waals surface area contributed by atoms with Gasteiger partial charge in [-0.05, 0) is 25.0 Å². The van der Waals surface area contributed by atoms with Crippen LogP contribution >= 0.6 is 11.8 Å². The molecule has 1 aliphatic carbocycles. The van der Waals surface area contributed by atoms with Crippen molar-refractivity contribution in [3.8, 4) is 0 Å². The van der Waals surface area contributed by atoms with Crippen LogP contribution in [0.1, 0.15) is 57.8 Å². The molecule has 0 nitrogen and oxygen atoms in total. The maximum absolute atomic E-state index is 3.87. The van der Waals surface area contributed by atoms with E-state index in [0.29, 0.717) is 0 Å². The van der Waals surface area contributed by atoms with E-state index in [1.54, 1.807) is 0 Å². The third-order valence-electron chi connectivity index (χ3n) is 2.80. The Bertz CT molecular complexity index is 106. The molecular weight excluding hydrogens is 176 g/mol. The van der Waals surface area contributed by atoms with Gasteiger partial charge in [0.1, 0.15) is 0 Å². The summed E-state index contributed by atoms with van der Waals surface area (Å²) in [5.74, 6) is 1.39. The van der Waals surface area contributed by atoms with Crippen molar-refractivity contribution in [3.05, 3.63) is 6.92 Å². The minimum absolute atomic E-state index is 1.01. The second kappa shape index (κ2) is 7.73. The fourth-order valence-corrected chi connectivity index (χ4v) is 3.31. The fourth-order valence-electron chi connectivity index (χ4n) is 1.94. The first kappa shape index (κ1) is 11.4. The normalized spacial score (nSPS) is 19.2. The van der Waals surface area contributed by atoms with Gasteiger partial charge in [0.05, 0.1) is 0 Å². The Kier molecular flexibility index (Phi) is 6.79. The van der Waals surface area contributed by atoms with Crippen LogP contribution < -0.4 is 0 Å². The minimum atomic E-state index is 1.01. The molecule has 0 N–H and O–H groups in total. The summed E-state index contributed by atoms with van der Waals surface area (Å²) in [6, 6.07) is 0. The molecule has 77 valence electrons. The first-order valence-corrected chi connectivity index (χ1v) is 6.89. The predicted molar refractivity (Wildman–Crippen MR) is 63.2 cm³/mol. The highest BCUT2D eigenvalue weighted by molar-refractivity contribution is 7.99. The maximum atomic E-state index is 3.87. The van der Waals surface area contributed by atoms with Crippen molar-refractivity contribution in [2.45, 2.75) is 63.0 Å². The molecule has 0 heterocycles. The average Bonchev–Trinajstić information content (AvgIpc) is 2.19. The molecular formula is C12H23S. The summed E-state index contributed by atoms with van der Waals surface area (Å²) >= 11 is 2.23. The van der Waals surface area contributed by atoms with Gasteiger partial charge in [0.2, 0.25) is 0 Å². The summed E-state index contributed by atoms with van der Waals surface area (Å²) in [6.07, 6.45) is 12.7. The first-order valence-electron chi connectivity index (χ1n) is 5.84. The van der Waals surface area contributed by atoms with Crippen LogP contribution in [0.2, 0.25) is 0 Å². The molecule has 0 unspecified atom stereocenters. The van der Waals surface area contributed by atoms with Gasteiger partial charge in [-0.1, -0.05) is 45.4 Å². The standard InChI is InChI=1S/C12H23S/c1-2-3-4-8-11-13-12-9-6-5-7-10-12/h12H,1-11H2. The van der Waals surface area contributed by atoms with Gasteiger partial charge in [0.15, 0.2) is 0 Å². The van der Waals surface area contributed by atoms with Gasteiger partial charge in [-0.2, -0.15) is 11.8 Å². The maximum Gasteiger partial charge on any atom is 0.00470 e. The molecule has 1 aliphatic rings. The third kappa shape index (κ3) is 5.61. The highest BCUT2D eigenvalue weighted by atomic mass is 32.2. The number of hydrogen-bond donors (Lipinski definition) is 0. The van der Waals surface area contributed by atoms with E-state index in [9.17, 15) is 0 Å². The predicted octanol–water partition coefficient (Wildman–Crippen LogP) is 4.45. The van der Waals surface area contributed by atoms with E-state index >= 15 is 0 Å². The van der Waals surface area contributed by atoms with E-state index in [2.05, 4.69) is 18.7 Å². The molecule has 1 fully saturated rings. The molecule has 0 aromatic heterocycles. The lowest BCUT2D eigenvalue weighted by atomic mass is 10.0. The molecule has 0 spiro atoms. The van der Waals surface area contributed by atoms with Gasteiger partial charge in [-0.3, -0.25) is 0 Å². The van der Waals surface area contributed by atoms with Crippen molar-refractivity contribution in [1.82, 2.24) is 0 Å². The number of rotatable bonds is 6. The quantitative estimate of drug-likeness (QED) is 0.570. The highest BCUT2D eigenvalue weighted by Crippen LogP contribution is 2.28. The van der Waals surface area contributed by atoms with Crippen LogP contribution in [-0.4, -0.2) is 11.0 Å². The van der Waals surface area contributed by atoms with Crippen molar-refractivity contribution in [2.75, 3.05) is 5.75 Å². The lowest BCUT2D eigenvalue weighted by molar-refractivity contribution is 0.515. The van der Waals surface area contributed by atoms with Gasteiger partial charge in [-0.15, -0.1) is 0 Å². The fraction of sp³-hybridized carbons (Fsp3) is 0.917. The average molecular weight is 199 g/mol. The van der Waals surface area contributed by atoms with E-state index in [0.717, 1.165) is 11.7 Å². The molecule has 0 aromatic carbocycles. The molecule has 1 rings (SSSR count). The van der Waals surface area contributed by atoms with Crippen LogP contribution in [0, 0.1) is 6.92 Å². The molecule has 13 heavy (non-hydrogen) atoms. The number of hydrogen-bond acceptors (Lipinski definition) is 1. The summed E-state index contributed by atoms with van der Waals surface area (Å²) in [6.45, 7) is 3.87. The molecule has 1 saturated carbocycles. The van der Waals surface area contributed by atoms with E-state index in [4.69, 9.17) is 0 Å². The van der Waals surface area contributed by atoms with Crippen molar-refractivity contribution >= 4 is 11.8 Å². The summed E-state index contributed by atoms with van der Waals surface area (Å²) in [7, 11) is 0. The van der Waals surface area contributed by atoms with Gasteiger partial charge in [0.25, 0.3) is 0 Å². The molecule has 0 aromatic rings. The van der Waals surface area contributed by atoms with Crippen LogP contribution in [0.3, 0.4) is 0 Å². The van der Waals surface area contributed by atoms with Gasteiger partial charge in [0, 0.05) is 5.25 Å². The highest BCUT2D eigenvalue weighted by Gasteiger charge is 2.12. The molecule has 0 amide bonds. The lowest BCUT2D eigenvalue weighted by Crippen LogP contribution is -2.08. The van der Waals surface area contributed by atoms with Crippen molar-refractivity contribution < 1.29 is 0 Å². The second-order valence-electron chi connectivity index (χ2n) is 4.05. The minimum Gasteiger partial charge on any atom is -0.159 e. The smallest absolute Gasteiger partial charge is 0.00470 e. The van der Waals surface area contributed by atoms with E-state index in [1.807, 2.05) is 0 Å². The SMILES string of the molecule is [CH2]CCCCCSC1CCCCC1. The zero-order valence-electron chi connectivity index (χ0n) is 8.76.